The van der Waals surface area contributed by atoms with Gasteiger partial charge in [0.2, 0.25) is 0 Å². The van der Waals surface area contributed by atoms with Gasteiger partial charge in [0.25, 0.3) is 10.0 Å². The van der Waals surface area contributed by atoms with Crippen molar-refractivity contribution in [1.29, 1.82) is 0 Å². The molecule has 106 valence electrons. The third-order valence-corrected chi connectivity index (χ3v) is 5.52. The summed E-state index contributed by atoms with van der Waals surface area (Å²) in [4.78, 5) is 4.59. The van der Waals surface area contributed by atoms with Crippen molar-refractivity contribution in [2.75, 3.05) is 25.4 Å². The molecule has 0 aromatic carbocycles. The van der Waals surface area contributed by atoms with Gasteiger partial charge in [-0.2, -0.15) is 4.31 Å². The number of aromatic nitrogens is 2. The van der Waals surface area contributed by atoms with E-state index in [1.54, 1.807) is 18.5 Å². The highest BCUT2D eigenvalue weighted by Gasteiger charge is 2.29. The van der Waals surface area contributed by atoms with Crippen LogP contribution in [0, 0.1) is 0 Å². The van der Waals surface area contributed by atoms with E-state index in [9.17, 15) is 8.42 Å². The van der Waals surface area contributed by atoms with Crippen LogP contribution in [0.5, 0.6) is 0 Å². The largest absolute Gasteiger partial charge is 0.396 e. The van der Waals surface area contributed by atoms with E-state index < -0.39 is 10.0 Å². The number of thiazole rings is 1. The number of sulfonamides is 1. The molecule has 0 aliphatic rings. The highest BCUT2D eigenvalue weighted by Crippen LogP contribution is 2.26. The second kappa shape index (κ2) is 5.45. The minimum atomic E-state index is -3.70. The van der Waals surface area contributed by atoms with Gasteiger partial charge in [0.05, 0.1) is 0 Å². The molecule has 0 unspecified atom stereocenters. The van der Waals surface area contributed by atoms with Crippen LogP contribution in [-0.4, -0.2) is 46.9 Å². The Hall–Kier alpha value is -1.16. The summed E-state index contributed by atoms with van der Waals surface area (Å²) < 4.78 is 27.9. The van der Waals surface area contributed by atoms with Crippen molar-refractivity contribution in [2.24, 2.45) is 0 Å². The molecule has 2 heterocycles. The molecule has 0 radical (unpaired) electrons. The number of anilines is 1. The molecule has 2 aromatic heterocycles. The fourth-order valence-electron chi connectivity index (χ4n) is 1.86. The summed E-state index contributed by atoms with van der Waals surface area (Å²) >= 11 is 1.32. The van der Waals surface area contributed by atoms with Crippen molar-refractivity contribution >= 4 is 32.1 Å². The van der Waals surface area contributed by atoms with Crippen molar-refractivity contribution in [3.63, 3.8) is 0 Å². The Morgan fingerprint density at radius 3 is 2.95 bits per heavy atom. The molecule has 0 saturated heterocycles. The van der Waals surface area contributed by atoms with Gasteiger partial charge in [-0.3, -0.25) is 4.40 Å². The van der Waals surface area contributed by atoms with Gasteiger partial charge >= 0.3 is 0 Å². The molecule has 7 nitrogen and oxygen atoms in total. The molecule has 0 bridgehead atoms. The van der Waals surface area contributed by atoms with Crippen LogP contribution in [0.25, 0.3) is 4.96 Å². The van der Waals surface area contributed by atoms with E-state index in [1.165, 1.54) is 20.0 Å². The van der Waals surface area contributed by atoms with E-state index in [0.29, 0.717) is 17.9 Å². The minimum Gasteiger partial charge on any atom is -0.396 e. The zero-order chi connectivity index (χ0) is 14.0. The maximum absolute atomic E-state index is 12.6. The lowest BCUT2D eigenvalue weighted by Gasteiger charge is -2.19. The third kappa shape index (κ3) is 2.46. The molecule has 9 heteroatoms. The van der Waals surface area contributed by atoms with Crippen molar-refractivity contribution in [3.05, 3.63) is 11.6 Å². The monoisotopic (exact) mass is 304 g/mol. The highest BCUT2D eigenvalue weighted by molar-refractivity contribution is 7.89. The van der Waals surface area contributed by atoms with Gasteiger partial charge in [-0.1, -0.05) is 6.92 Å². The van der Waals surface area contributed by atoms with Crippen LogP contribution in [0.1, 0.15) is 13.3 Å². The lowest BCUT2D eigenvalue weighted by atomic mass is 10.4. The molecule has 2 rings (SSSR count). The summed E-state index contributed by atoms with van der Waals surface area (Å²) in [6, 6.07) is 0. The van der Waals surface area contributed by atoms with Gasteiger partial charge in [-0.05, 0) is 6.42 Å². The zero-order valence-electron chi connectivity index (χ0n) is 10.5. The average molecular weight is 304 g/mol. The van der Waals surface area contributed by atoms with E-state index in [4.69, 9.17) is 10.8 Å². The highest BCUT2D eigenvalue weighted by atomic mass is 32.2. The Labute approximate surface area is 115 Å². The second-order valence-electron chi connectivity index (χ2n) is 3.93. The average Bonchev–Trinajstić information content (AvgIpc) is 2.88. The first kappa shape index (κ1) is 14.3. The number of hydrogen-bond donors (Lipinski definition) is 2. The first-order valence-corrected chi connectivity index (χ1v) is 8.16. The smallest absolute Gasteiger partial charge is 0.262 e. The fraction of sp³-hybridized carbons (Fsp3) is 0.500. The lowest BCUT2D eigenvalue weighted by Crippen LogP contribution is -2.33. The molecular formula is C10H16N4O3S2. The maximum Gasteiger partial charge on any atom is 0.262 e. The van der Waals surface area contributed by atoms with E-state index in [2.05, 4.69) is 4.98 Å². The van der Waals surface area contributed by atoms with Crippen LogP contribution >= 0.6 is 11.3 Å². The normalized spacial score (nSPS) is 12.6. The van der Waals surface area contributed by atoms with Gasteiger partial charge in [-0.15, -0.1) is 11.3 Å². The van der Waals surface area contributed by atoms with Crippen molar-refractivity contribution in [2.45, 2.75) is 18.4 Å². The van der Waals surface area contributed by atoms with Crippen molar-refractivity contribution in [1.82, 2.24) is 13.7 Å². The standard InChI is InChI=1S/C10H16N4O3S2/c1-2-13(4-3-6-15)19(16,17)9-8(11)12-10-14(9)5-7-18-10/h5,7,15H,2-4,6,11H2,1H3. The molecule has 0 spiro atoms. The molecule has 0 aliphatic carbocycles. The van der Waals surface area contributed by atoms with Crippen molar-refractivity contribution < 1.29 is 13.5 Å². The fourth-order valence-corrected chi connectivity index (χ4v) is 4.29. The zero-order valence-corrected chi connectivity index (χ0v) is 12.1. The number of fused-ring (bicyclic) bond motifs is 1. The number of rotatable bonds is 6. The van der Waals surface area contributed by atoms with Gasteiger partial charge in [0.15, 0.2) is 15.8 Å². The molecule has 0 amide bonds. The number of imidazole rings is 1. The van der Waals surface area contributed by atoms with E-state index in [1.807, 2.05) is 0 Å². The van der Waals surface area contributed by atoms with Crippen LogP contribution in [0.15, 0.2) is 16.6 Å². The Morgan fingerprint density at radius 2 is 2.32 bits per heavy atom. The Balaban J connectivity index is 2.48. The third-order valence-electron chi connectivity index (χ3n) is 2.75. The van der Waals surface area contributed by atoms with Crippen LogP contribution in [0.2, 0.25) is 0 Å². The van der Waals surface area contributed by atoms with Gasteiger partial charge in [0.1, 0.15) is 0 Å². The SMILES string of the molecule is CCN(CCCO)S(=O)(=O)c1c(N)nc2sccn12. The van der Waals surface area contributed by atoms with Crippen LogP contribution < -0.4 is 5.73 Å². The molecule has 3 N–H and O–H groups in total. The predicted octanol–water partition coefficient (Wildman–Crippen LogP) is 0.371. The molecular weight excluding hydrogens is 288 g/mol. The van der Waals surface area contributed by atoms with Crippen molar-refractivity contribution in [3.8, 4) is 0 Å². The number of aliphatic hydroxyl groups is 1. The Kier molecular flexibility index (Phi) is 4.09. The second-order valence-corrected chi connectivity index (χ2v) is 6.66. The van der Waals surface area contributed by atoms with Gasteiger partial charge in [-0.25, -0.2) is 13.4 Å². The Bertz CT molecular complexity index is 661. The number of nitrogens with zero attached hydrogens (tertiary/aromatic N) is 3. The maximum atomic E-state index is 12.6. The van der Waals surface area contributed by atoms with E-state index >= 15 is 0 Å². The number of aliphatic hydroxyl groups excluding tert-OH is 1. The van der Waals surface area contributed by atoms with Crippen LogP contribution in [0.4, 0.5) is 5.82 Å². The first-order chi connectivity index (χ1) is 9.02. The van der Waals surface area contributed by atoms with E-state index in [0.717, 1.165) is 0 Å². The summed E-state index contributed by atoms with van der Waals surface area (Å²) in [6.45, 7) is 2.27. The predicted molar refractivity (Wildman–Crippen MR) is 73.6 cm³/mol. The summed E-state index contributed by atoms with van der Waals surface area (Å²) in [5.41, 5.74) is 5.72. The number of hydrogen-bond acceptors (Lipinski definition) is 6. The molecule has 0 atom stereocenters. The molecule has 19 heavy (non-hydrogen) atoms. The summed E-state index contributed by atoms with van der Waals surface area (Å²) in [5, 5.41) is 10.6. The summed E-state index contributed by atoms with van der Waals surface area (Å²) in [7, 11) is -3.70. The minimum absolute atomic E-state index is 0.00328. The van der Waals surface area contributed by atoms with Crippen LogP contribution in [-0.2, 0) is 10.0 Å². The van der Waals surface area contributed by atoms with Gasteiger partial charge in [0, 0.05) is 31.3 Å². The van der Waals surface area contributed by atoms with E-state index in [-0.39, 0.29) is 24.0 Å². The summed E-state index contributed by atoms with van der Waals surface area (Å²) in [5.74, 6) is 0.00861. The molecule has 2 aromatic rings. The Morgan fingerprint density at radius 1 is 1.58 bits per heavy atom. The summed E-state index contributed by atoms with van der Waals surface area (Å²) in [6.07, 6.45) is 2.02. The number of nitrogen functional groups attached to an aromatic ring is 1. The van der Waals surface area contributed by atoms with Gasteiger partial charge < -0.3 is 10.8 Å². The quantitative estimate of drug-likeness (QED) is 0.803. The number of nitrogens with two attached hydrogens (primary N) is 1. The lowest BCUT2D eigenvalue weighted by molar-refractivity contribution is 0.271. The molecule has 0 aliphatic heterocycles. The molecule has 0 saturated carbocycles. The molecule has 0 fully saturated rings. The topological polar surface area (TPSA) is 101 Å². The van der Waals surface area contributed by atoms with Crippen LogP contribution in [0.3, 0.4) is 0 Å². The first-order valence-electron chi connectivity index (χ1n) is 5.84.